The van der Waals surface area contributed by atoms with Crippen molar-refractivity contribution in [2.75, 3.05) is 5.75 Å². The van der Waals surface area contributed by atoms with Crippen LogP contribution in [0.25, 0.3) is 0 Å². The van der Waals surface area contributed by atoms with Crippen molar-refractivity contribution < 1.29 is 17.9 Å². The van der Waals surface area contributed by atoms with E-state index < -0.39 is 9.84 Å². The number of ether oxygens (including phenoxy) is 1. The molecule has 26 heavy (non-hydrogen) atoms. The second-order valence-corrected chi connectivity index (χ2v) is 10.3. The Morgan fingerprint density at radius 1 is 1.15 bits per heavy atom. The van der Waals surface area contributed by atoms with Crippen molar-refractivity contribution in [1.29, 1.82) is 0 Å². The van der Waals surface area contributed by atoms with Crippen LogP contribution >= 0.6 is 0 Å². The predicted octanol–water partition coefficient (Wildman–Crippen LogP) is 4.50. The zero-order valence-electron chi connectivity index (χ0n) is 16.1. The fraction of sp³-hybridized carbons (Fsp3) is 0.667. The van der Waals surface area contributed by atoms with Gasteiger partial charge in [0.15, 0.2) is 9.84 Å². The molecule has 0 saturated heterocycles. The van der Waals surface area contributed by atoms with Gasteiger partial charge in [-0.1, -0.05) is 18.6 Å². The first-order valence-corrected chi connectivity index (χ1v) is 11.6. The molecule has 1 aliphatic carbocycles. The van der Waals surface area contributed by atoms with Crippen molar-refractivity contribution in [2.45, 2.75) is 83.0 Å². The number of hydrogen-bond acceptors (Lipinski definition) is 4. The number of unbranched alkanes of at least 4 members (excludes halogenated alkanes) is 2. The average molecular weight is 381 g/mol. The van der Waals surface area contributed by atoms with Crippen molar-refractivity contribution >= 4 is 15.6 Å². The Balaban J connectivity index is 1.69. The van der Waals surface area contributed by atoms with Crippen molar-refractivity contribution in [3.05, 3.63) is 29.8 Å². The minimum absolute atomic E-state index is 0.203. The van der Waals surface area contributed by atoms with Crippen molar-refractivity contribution in [1.82, 2.24) is 0 Å². The van der Waals surface area contributed by atoms with E-state index in [1.165, 1.54) is 12.8 Å². The maximum absolute atomic E-state index is 12.2. The molecule has 0 bridgehead atoms. The van der Waals surface area contributed by atoms with Crippen molar-refractivity contribution in [3.63, 3.8) is 0 Å². The molecule has 0 N–H and O–H groups in total. The molecule has 0 unspecified atom stereocenters. The summed E-state index contributed by atoms with van der Waals surface area (Å²) < 4.78 is 29.5. The van der Waals surface area contributed by atoms with E-state index in [0.717, 1.165) is 37.0 Å². The first-order valence-electron chi connectivity index (χ1n) is 9.85. The largest absolute Gasteiger partial charge is 0.490 e. The van der Waals surface area contributed by atoms with Gasteiger partial charge in [0.1, 0.15) is 11.5 Å². The van der Waals surface area contributed by atoms with Gasteiger partial charge in [0.2, 0.25) is 0 Å². The molecule has 0 radical (unpaired) electrons. The van der Waals surface area contributed by atoms with Gasteiger partial charge >= 0.3 is 0 Å². The summed E-state index contributed by atoms with van der Waals surface area (Å²) in [5.41, 5.74) is 0.993. The van der Waals surface area contributed by atoms with E-state index in [9.17, 15) is 13.2 Å². The summed E-state index contributed by atoms with van der Waals surface area (Å²) >= 11 is 0. The van der Waals surface area contributed by atoms with Crippen molar-refractivity contribution in [2.24, 2.45) is 0 Å². The zero-order valence-corrected chi connectivity index (χ0v) is 16.9. The number of carbonyl (C=O) groups excluding carboxylic acids is 1. The first-order chi connectivity index (χ1) is 12.4. The number of ketones is 1. The molecule has 0 amide bonds. The van der Waals surface area contributed by atoms with E-state index in [-0.39, 0.29) is 16.8 Å². The van der Waals surface area contributed by atoms with Gasteiger partial charge in [0, 0.05) is 12.8 Å². The molecule has 1 fully saturated rings. The van der Waals surface area contributed by atoms with Crippen LogP contribution < -0.4 is 4.74 Å². The monoisotopic (exact) mass is 380 g/mol. The molecule has 0 aromatic heterocycles. The maximum atomic E-state index is 12.2. The summed E-state index contributed by atoms with van der Waals surface area (Å²) in [4.78, 5) is 12.2. The highest BCUT2D eigenvalue weighted by Gasteiger charge is 2.17. The minimum atomic E-state index is -2.96. The van der Waals surface area contributed by atoms with E-state index >= 15 is 0 Å². The van der Waals surface area contributed by atoms with Gasteiger partial charge in [-0.25, -0.2) is 8.42 Å². The number of carbonyl (C=O) groups is 1. The molecule has 1 aromatic carbocycles. The van der Waals surface area contributed by atoms with Crippen LogP contribution in [0.3, 0.4) is 0 Å². The van der Waals surface area contributed by atoms with Crippen LogP contribution in [-0.2, 0) is 21.1 Å². The molecular weight excluding hydrogens is 348 g/mol. The van der Waals surface area contributed by atoms with Crippen LogP contribution in [0, 0.1) is 0 Å². The lowest BCUT2D eigenvalue weighted by molar-refractivity contribution is -0.118. The Morgan fingerprint density at radius 2 is 1.88 bits per heavy atom. The highest BCUT2D eigenvalue weighted by Crippen LogP contribution is 2.24. The summed E-state index contributed by atoms with van der Waals surface area (Å²) in [6.07, 6.45) is 8.14. The van der Waals surface area contributed by atoms with Gasteiger partial charge in [-0.05, 0) is 70.1 Å². The molecule has 0 spiro atoms. The van der Waals surface area contributed by atoms with E-state index in [4.69, 9.17) is 4.74 Å². The lowest BCUT2D eigenvalue weighted by atomic mass is 10.0. The summed E-state index contributed by atoms with van der Waals surface area (Å²) in [5.74, 6) is 1.29. The van der Waals surface area contributed by atoms with Crippen LogP contribution in [0.4, 0.5) is 0 Å². The summed E-state index contributed by atoms with van der Waals surface area (Å²) in [6.45, 7) is 3.42. The molecule has 5 heteroatoms. The summed E-state index contributed by atoms with van der Waals surface area (Å²) in [7, 11) is -2.96. The Labute approximate surface area is 158 Å². The summed E-state index contributed by atoms with van der Waals surface area (Å²) in [5, 5.41) is -0.317. The Kier molecular flexibility index (Phi) is 8.14. The Morgan fingerprint density at radius 3 is 2.58 bits per heavy atom. The van der Waals surface area contributed by atoms with E-state index in [0.29, 0.717) is 25.4 Å². The SMILES string of the molecule is CC(C)S(=O)(=O)CCCCCC(=O)Cc1cccc(OC2CCCC2)c1. The van der Waals surface area contributed by atoms with Gasteiger partial charge in [0.05, 0.1) is 17.1 Å². The van der Waals surface area contributed by atoms with Crippen LogP contribution in [0.2, 0.25) is 0 Å². The van der Waals surface area contributed by atoms with Gasteiger partial charge in [-0.15, -0.1) is 0 Å². The fourth-order valence-electron chi connectivity index (χ4n) is 3.28. The molecule has 1 saturated carbocycles. The topological polar surface area (TPSA) is 60.4 Å². The van der Waals surface area contributed by atoms with Crippen LogP contribution in [0.1, 0.15) is 70.8 Å². The zero-order chi connectivity index (χ0) is 19.0. The molecule has 0 aliphatic heterocycles. The molecule has 2 rings (SSSR count). The van der Waals surface area contributed by atoms with Crippen LogP contribution in [0.15, 0.2) is 24.3 Å². The smallest absolute Gasteiger partial charge is 0.152 e. The first kappa shape index (κ1) is 20.9. The number of hydrogen-bond donors (Lipinski definition) is 0. The third kappa shape index (κ3) is 7.10. The third-order valence-corrected chi connectivity index (χ3v) is 7.30. The Bertz CT molecular complexity index is 673. The molecule has 1 aliphatic rings. The standard InChI is InChI=1S/C21H32O4S/c1-17(2)26(23,24)14-7-3-4-10-19(22)15-18-9-8-13-21(16-18)25-20-11-5-6-12-20/h8-9,13,16-17,20H,3-7,10-12,14-15H2,1-2H3. The van der Waals surface area contributed by atoms with E-state index in [1.807, 2.05) is 24.3 Å². The van der Waals surface area contributed by atoms with Gasteiger partial charge in [-0.3, -0.25) is 4.79 Å². The fourth-order valence-corrected chi connectivity index (χ4v) is 4.36. The highest BCUT2D eigenvalue weighted by molar-refractivity contribution is 7.91. The second kappa shape index (κ2) is 10.1. The lowest BCUT2D eigenvalue weighted by Gasteiger charge is -2.13. The van der Waals surface area contributed by atoms with Crippen LogP contribution in [0.5, 0.6) is 5.75 Å². The molecule has 0 atom stereocenters. The van der Waals surface area contributed by atoms with Gasteiger partial charge in [-0.2, -0.15) is 0 Å². The number of sulfone groups is 1. The van der Waals surface area contributed by atoms with Crippen LogP contribution in [-0.4, -0.2) is 31.3 Å². The molecule has 146 valence electrons. The Hall–Kier alpha value is -1.36. The van der Waals surface area contributed by atoms with Gasteiger partial charge in [0.25, 0.3) is 0 Å². The average Bonchev–Trinajstić information content (AvgIpc) is 3.07. The van der Waals surface area contributed by atoms with Crippen molar-refractivity contribution in [3.8, 4) is 5.75 Å². The molecule has 4 nitrogen and oxygen atoms in total. The summed E-state index contributed by atoms with van der Waals surface area (Å²) in [6, 6.07) is 7.85. The molecular formula is C21H32O4S. The number of rotatable bonds is 11. The molecule has 0 heterocycles. The lowest BCUT2D eigenvalue weighted by Crippen LogP contribution is -2.17. The second-order valence-electron chi connectivity index (χ2n) is 7.61. The predicted molar refractivity (Wildman–Crippen MR) is 105 cm³/mol. The number of benzene rings is 1. The van der Waals surface area contributed by atoms with E-state index in [1.54, 1.807) is 13.8 Å². The minimum Gasteiger partial charge on any atom is -0.490 e. The normalized spacial score (nSPS) is 15.5. The molecule has 1 aromatic rings. The van der Waals surface area contributed by atoms with E-state index in [2.05, 4.69) is 0 Å². The third-order valence-electron chi connectivity index (χ3n) is 5.01. The highest BCUT2D eigenvalue weighted by atomic mass is 32.2. The maximum Gasteiger partial charge on any atom is 0.152 e. The van der Waals surface area contributed by atoms with Gasteiger partial charge < -0.3 is 4.74 Å². The number of Topliss-reactive ketones (excluding diaryl/α,β-unsaturated/α-hetero) is 1. The quantitative estimate of drug-likeness (QED) is 0.530.